The molecule has 0 saturated carbocycles. The van der Waals surface area contributed by atoms with Gasteiger partial charge in [0.2, 0.25) is 0 Å². The quantitative estimate of drug-likeness (QED) is 0.549. The molecule has 7 heteroatoms. The minimum Gasteiger partial charge on any atom is -0.289 e. The topological polar surface area (TPSA) is 92.3 Å². The van der Waals surface area contributed by atoms with E-state index < -0.39 is 0 Å². The second kappa shape index (κ2) is 6.26. The summed E-state index contributed by atoms with van der Waals surface area (Å²) in [5.74, 6) is 0.128. The van der Waals surface area contributed by atoms with Crippen molar-refractivity contribution in [3.8, 4) is 0 Å². The fourth-order valence-corrected chi connectivity index (χ4v) is 3.11. The van der Waals surface area contributed by atoms with Crippen LogP contribution >= 0.6 is 11.8 Å². The molecule has 0 saturated heterocycles. The van der Waals surface area contributed by atoms with Crippen LogP contribution in [0.25, 0.3) is 0 Å². The smallest absolute Gasteiger partial charge is 0.254 e. The van der Waals surface area contributed by atoms with Crippen LogP contribution in [-0.2, 0) is 19.2 Å². The predicted molar refractivity (Wildman–Crippen MR) is 78.3 cm³/mol. The van der Waals surface area contributed by atoms with Crippen LogP contribution in [0.4, 0.5) is 0 Å². The van der Waals surface area contributed by atoms with Gasteiger partial charge in [0.1, 0.15) is 0 Å². The first-order valence-electron chi connectivity index (χ1n) is 6.60. The van der Waals surface area contributed by atoms with E-state index in [1.54, 1.807) is 25.6 Å². The Morgan fingerprint density at radius 1 is 0.714 bits per heavy atom. The first kappa shape index (κ1) is 15.5. The fraction of sp³-hybridized carbons (Fsp3) is 0.429. The zero-order chi connectivity index (χ0) is 15.6. The SMILES string of the molecule is CC1=C(CCSCCC2=C(C)C(=O)NC2=O)C(=O)NC1=O. The van der Waals surface area contributed by atoms with Crippen molar-refractivity contribution >= 4 is 35.4 Å². The van der Waals surface area contributed by atoms with Crippen molar-refractivity contribution < 1.29 is 19.2 Å². The summed E-state index contributed by atoms with van der Waals surface area (Å²) in [5.41, 5.74) is 2.05. The molecule has 0 aromatic rings. The van der Waals surface area contributed by atoms with Crippen molar-refractivity contribution in [1.29, 1.82) is 0 Å². The number of thioether (sulfide) groups is 1. The van der Waals surface area contributed by atoms with Gasteiger partial charge in [-0.25, -0.2) is 0 Å². The second-order valence-corrected chi connectivity index (χ2v) is 6.11. The summed E-state index contributed by atoms with van der Waals surface area (Å²) in [6, 6.07) is 0. The average Bonchev–Trinajstić information content (AvgIpc) is 2.80. The van der Waals surface area contributed by atoms with Crippen LogP contribution in [0.1, 0.15) is 26.7 Å². The summed E-state index contributed by atoms with van der Waals surface area (Å²) in [5, 5.41) is 4.52. The molecule has 2 N–H and O–H groups in total. The Bertz CT molecular complexity index is 552. The maximum Gasteiger partial charge on any atom is 0.254 e. The minimum absolute atomic E-state index is 0.308. The van der Waals surface area contributed by atoms with Crippen molar-refractivity contribution in [2.75, 3.05) is 11.5 Å². The summed E-state index contributed by atoms with van der Waals surface area (Å²) in [6.07, 6.45) is 1.05. The van der Waals surface area contributed by atoms with E-state index in [2.05, 4.69) is 10.6 Å². The third-order valence-electron chi connectivity index (χ3n) is 3.58. The van der Waals surface area contributed by atoms with E-state index in [4.69, 9.17) is 0 Å². The highest BCUT2D eigenvalue weighted by molar-refractivity contribution is 7.99. The number of carbonyl (C=O) groups excluding carboxylic acids is 4. The van der Waals surface area contributed by atoms with Gasteiger partial charge in [-0.1, -0.05) is 0 Å². The minimum atomic E-state index is -0.318. The Kier molecular flexibility index (Phi) is 4.62. The summed E-state index contributed by atoms with van der Waals surface area (Å²) in [7, 11) is 0. The van der Waals surface area contributed by atoms with Gasteiger partial charge in [-0.05, 0) is 38.2 Å². The van der Waals surface area contributed by atoms with Crippen molar-refractivity contribution in [1.82, 2.24) is 10.6 Å². The highest BCUT2D eigenvalue weighted by Crippen LogP contribution is 2.21. The summed E-state index contributed by atoms with van der Waals surface area (Å²) in [4.78, 5) is 45.5. The summed E-state index contributed by atoms with van der Waals surface area (Å²) < 4.78 is 0. The molecule has 0 aromatic heterocycles. The molecule has 0 bridgehead atoms. The van der Waals surface area contributed by atoms with Crippen LogP contribution in [0, 0.1) is 0 Å². The van der Waals surface area contributed by atoms with Gasteiger partial charge in [0.15, 0.2) is 0 Å². The Morgan fingerprint density at radius 3 is 1.38 bits per heavy atom. The van der Waals surface area contributed by atoms with Gasteiger partial charge in [-0.15, -0.1) is 0 Å². The molecule has 0 fully saturated rings. The number of imide groups is 2. The largest absolute Gasteiger partial charge is 0.289 e. The lowest BCUT2D eigenvalue weighted by molar-refractivity contribution is -0.125. The molecule has 2 aliphatic rings. The molecule has 0 atom stereocenters. The normalized spacial score (nSPS) is 18.8. The average molecular weight is 308 g/mol. The highest BCUT2D eigenvalue weighted by atomic mass is 32.2. The molecule has 0 spiro atoms. The van der Waals surface area contributed by atoms with E-state index in [0.717, 1.165) is 0 Å². The molecule has 0 radical (unpaired) electrons. The van der Waals surface area contributed by atoms with E-state index in [1.807, 2.05) is 0 Å². The van der Waals surface area contributed by atoms with Crippen LogP contribution in [-0.4, -0.2) is 35.1 Å². The van der Waals surface area contributed by atoms with Gasteiger partial charge in [0.25, 0.3) is 23.6 Å². The van der Waals surface area contributed by atoms with Gasteiger partial charge in [-0.3, -0.25) is 29.8 Å². The van der Waals surface area contributed by atoms with Gasteiger partial charge in [0, 0.05) is 22.3 Å². The standard InChI is InChI=1S/C14H16N2O4S/c1-7-9(13(19)15-11(7)17)3-5-21-6-4-10-8(2)12(18)16-14(10)20/h3-6H2,1-2H3,(H,15,17,19)(H,16,18,20). The molecule has 0 aromatic carbocycles. The monoisotopic (exact) mass is 308 g/mol. The Balaban J connectivity index is 1.77. The van der Waals surface area contributed by atoms with Crippen molar-refractivity contribution in [3.05, 3.63) is 22.3 Å². The molecule has 2 rings (SSSR count). The van der Waals surface area contributed by atoms with E-state index in [0.29, 0.717) is 46.6 Å². The van der Waals surface area contributed by atoms with Crippen molar-refractivity contribution in [3.63, 3.8) is 0 Å². The maximum atomic E-state index is 11.5. The molecular formula is C14H16N2O4S. The van der Waals surface area contributed by atoms with Gasteiger partial charge < -0.3 is 0 Å². The second-order valence-electron chi connectivity index (χ2n) is 4.89. The molecular weight excluding hydrogens is 292 g/mol. The van der Waals surface area contributed by atoms with E-state index in [1.165, 1.54) is 0 Å². The number of hydrogen-bond acceptors (Lipinski definition) is 5. The molecule has 4 amide bonds. The number of hydrogen-bond donors (Lipinski definition) is 2. The zero-order valence-electron chi connectivity index (χ0n) is 11.9. The Morgan fingerprint density at radius 2 is 1.10 bits per heavy atom. The third kappa shape index (κ3) is 3.24. The molecule has 2 aliphatic heterocycles. The molecule has 112 valence electrons. The van der Waals surface area contributed by atoms with Crippen molar-refractivity contribution in [2.24, 2.45) is 0 Å². The number of rotatable bonds is 6. The molecule has 21 heavy (non-hydrogen) atoms. The van der Waals surface area contributed by atoms with Crippen LogP contribution in [0.3, 0.4) is 0 Å². The Labute approximate surface area is 126 Å². The molecule has 2 heterocycles. The molecule has 0 aliphatic carbocycles. The first-order chi connectivity index (χ1) is 9.91. The zero-order valence-corrected chi connectivity index (χ0v) is 12.7. The fourth-order valence-electron chi connectivity index (χ4n) is 2.21. The van der Waals surface area contributed by atoms with Crippen LogP contribution in [0.15, 0.2) is 22.3 Å². The summed E-state index contributed by atoms with van der Waals surface area (Å²) in [6.45, 7) is 3.28. The third-order valence-corrected chi connectivity index (χ3v) is 4.57. The molecule has 0 unspecified atom stereocenters. The van der Waals surface area contributed by atoms with Crippen LogP contribution < -0.4 is 10.6 Å². The van der Waals surface area contributed by atoms with Gasteiger partial charge >= 0.3 is 0 Å². The van der Waals surface area contributed by atoms with Crippen LogP contribution in [0.5, 0.6) is 0 Å². The Hall–Kier alpha value is -1.89. The number of amides is 4. The van der Waals surface area contributed by atoms with Crippen LogP contribution in [0.2, 0.25) is 0 Å². The van der Waals surface area contributed by atoms with Gasteiger partial charge in [-0.2, -0.15) is 11.8 Å². The van der Waals surface area contributed by atoms with E-state index in [-0.39, 0.29) is 23.6 Å². The lowest BCUT2D eigenvalue weighted by Gasteiger charge is -2.03. The van der Waals surface area contributed by atoms with Crippen molar-refractivity contribution in [2.45, 2.75) is 26.7 Å². The maximum absolute atomic E-state index is 11.5. The number of carbonyl (C=O) groups is 4. The lowest BCUT2D eigenvalue weighted by Crippen LogP contribution is -2.23. The lowest BCUT2D eigenvalue weighted by atomic mass is 10.1. The first-order valence-corrected chi connectivity index (χ1v) is 7.76. The highest BCUT2D eigenvalue weighted by Gasteiger charge is 2.27. The summed E-state index contributed by atoms with van der Waals surface area (Å²) >= 11 is 1.59. The number of nitrogens with one attached hydrogen (secondary N) is 2. The van der Waals surface area contributed by atoms with E-state index >= 15 is 0 Å². The molecule has 6 nitrogen and oxygen atoms in total. The van der Waals surface area contributed by atoms with E-state index in [9.17, 15) is 19.2 Å². The van der Waals surface area contributed by atoms with Gasteiger partial charge in [0.05, 0.1) is 0 Å². The predicted octanol–water partition coefficient (Wildman–Crippen LogP) is 0.446.